The van der Waals surface area contributed by atoms with Gasteiger partial charge in [0, 0.05) is 35.1 Å². The van der Waals surface area contributed by atoms with Crippen molar-refractivity contribution in [2.45, 2.75) is 6.54 Å². The van der Waals surface area contributed by atoms with Crippen LogP contribution in [0.4, 0.5) is 15.9 Å². The Bertz CT molecular complexity index is 1340. The second kappa shape index (κ2) is 11.0. The average Bonchev–Trinajstić information content (AvgIpc) is 3.38. The van der Waals surface area contributed by atoms with Crippen LogP contribution in [0.1, 0.15) is 5.56 Å². The fourth-order valence-electron chi connectivity index (χ4n) is 4.16. The number of nitrogens with two attached hydrogens (primary N) is 1. The molecule has 3 heterocycles. The molecule has 35 heavy (non-hydrogen) atoms. The number of hydrazine groups is 1. The molecule has 1 saturated heterocycles. The first-order chi connectivity index (χ1) is 17.2. The Morgan fingerprint density at radius 3 is 2.89 bits per heavy atom. The third-order valence-electron chi connectivity index (χ3n) is 5.92. The van der Waals surface area contributed by atoms with Crippen molar-refractivity contribution >= 4 is 50.2 Å². The van der Waals surface area contributed by atoms with E-state index in [2.05, 4.69) is 20.6 Å². The fourth-order valence-corrected chi connectivity index (χ4v) is 5.08. The number of aliphatic imine (C=N–C) groups is 1. The van der Waals surface area contributed by atoms with Crippen molar-refractivity contribution in [2.24, 2.45) is 10.8 Å². The highest BCUT2D eigenvalue weighted by atomic mass is 32.1. The lowest BCUT2D eigenvalue weighted by molar-refractivity contribution is 0.0320. The summed E-state index contributed by atoms with van der Waals surface area (Å²) in [4.78, 5) is 11.4. The number of benzene rings is 2. The van der Waals surface area contributed by atoms with Gasteiger partial charge in [0.25, 0.3) is 0 Å². The van der Waals surface area contributed by atoms with Gasteiger partial charge in [-0.1, -0.05) is 24.3 Å². The summed E-state index contributed by atoms with van der Waals surface area (Å²) in [7, 11) is 0. The molecular weight excluding hydrogens is 467 g/mol. The minimum Gasteiger partial charge on any atom is -0.489 e. The molecule has 0 unspecified atom stereocenters. The van der Waals surface area contributed by atoms with Crippen LogP contribution in [-0.4, -0.2) is 55.7 Å². The third kappa shape index (κ3) is 5.20. The molecule has 0 saturated carbocycles. The number of aromatic nitrogens is 1. The highest BCUT2D eigenvalue weighted by Crippen LogP contribution is 2.37. The van der Waals surface area contributed by atoms with Crippen LogP contribution in [0.3, 0.4) is 0 Å². The van der Waals surface area contributed by atoms with E-state index in [0.29, 0.717) is 24.7 Å². The van der Waals surface area contributed by atoms with Gasteiger partial charge in [-0.05, 0) is 29.1 Å². The van der Waals surface area contributed by atoms with Crippen LogP contribution >= 0.6 is 11.3 Å². The van der Waals surface area contributed by atoms with E-state index < -0.39 is 5.82 Å². The molecule has 182 valence electrons. The summed E-state index contributed by atoms with van der Waals surface area (Å²) >= 11 is 1.63. The predicted octanol–water partition coefficient (Wildman–Crippen LogP) is 4.03. The number of fused-ring (bicyclic) bond motifs is 3. The van der Waals surface area contributed by atoms with Crippen molar-refractivity contribution in [1.82, 2.24) is 15.3 Å². The molecule has 1 aliphatic rings. The number of para-hydroxylation sites is 1. The molecule has 5 rings (SSSR count). The van der Waals surface area contributed by atoms with Crippen LogP contribution in [0.2, 0.25) is 0 Å². The van der Waals surface area contributed by atoms with Crippen LogP contribution < -0.4 is 21.3 Å². The van der Waals surface area contributed by atoms with Gasteiger partial charge in [0.1, 0.15) is 12.4 Å². The summed E-state index contributed by atoms with van der Waals surface area (Å²) in [5, 5.41) is 7.20. The molecule has 0 atom stereocenters. The van der Waals surface area contributed by atoms with E-state index in [1.165, 1.54) is 6.34 Å². The maximum Gasteiger partial charge on any atom is 0.188 e. The maximum absolute atomic E-state index is 15.4. The second-order valence-corrected chi connectivity index (χ2v) is 9.03. The molecule has 2 aromatic carbocycles. The lowest BCUT2D eigenvalue weighted by Gasteiger charge is -2.26. The number of pyridine rings is 1. The summed E-state index contributed by atoms with van der Waals surface area (Å²) in [5.41, 5.74) is 4.50. The number of nitrogens with zero attached hydrogens (tertiary/aromatic N) is 3. The van der Waals surface area contributed by atoms with Gasteiger partial charge >= 0.3 is 0 Å². The zero-order valence-electron chi connectivity index (χ0n) is 19.2. The van der Waals surface area contributed by atoms with Gasteiger partial charge < -0.3 is 20.2 Å². The van der Waals surface area contributed by atoms with E-state index in [1.54, 1.807) is 29.5 Å². The van der Waals surface area contributed by atoms with E-state index in [-0.39, 0.29) is 5.75 Å². The molecule has 0 spiro atoms. The normalized spacial score (nSPS) is 14.7. The molecule has 0 aliphatic carbocycles. The zero-order chi connectivity index (χ0) is 24.0. The monoisotopic (exact) mass is 494 g/mol. The van der Waals surface area contributed by atoms with Crippen LogP contribution in [-0.2, 0) is 11.3 Å². The third-order valence-corrected chi connectivity index (χ3v) is 6.87. The highest BCUT2D eigenvalue weighted by molar-refractivity contribution is 7.18. The summed E-state index contributed by atoms with van der Waals surface area (Å²) in [6.45, 7) is 4.74. The summed E-state index contributed by atoms with van der Waals surface area (Å²) in [5.74, 6) is 5.66. The second-order valence-electron chi connectivity index (χ2n) is 8.12. The molecule has 1 aliphatic heterocycles. The average molecular weight is 495 g/mol. The lowest BCUT2D eigenvalue weighted by atomic mass is 10.1. The van der Waals surface area contributed by atoms with Gasteiger partial charge in [-0.25, -0.2) is 15.2 Å². The van der Waals surface area contributed by atoms with Crippen molar-refractivity contribution in [3.63, 3.8) is 0 Å². The SMILES string of the molecule is NNC=NCc1cccc2c1nc(Nc1cccc(OCCN3CCOCC3)c1F)c1ccsc12. The van der Waals surface area contributed by atoms with E-state index in [4.69, 9.17) is 20.3 Å². The van der Waals surface area contributed by atoms with Crippen LogP contribution in [0.25, 0.3) is 21.0 Å². The number of hydrogen-bond donors (Lipinski definition) is 3. The first kappa shape index (κ1) is 23.4. The van der Waals surface area contributed by atoms with Gasteiger partial charge in [-0.15, -0.1) is 11.3 Å². The van der Waals surface area contributed by atoms with E-state index in [9.17, 15) is 0 Å². The Morgan fingerprint density at radius 1 is 1.17 bits per heavy atom. The van der Waals surface area contributed by atoms with Crippen molar-refractivity contribution in [3.8, 4) is 5.75 Å². The molecule has 0 bridgehead atoms. The van der Waals surface area contributed by atoms with E-state index in [1.807, 2.05) is 29.6 Å². The van der Waals surface area contributed by atoms with Gasteiger partial charge in [0.2, 0.25) is 0 Å². The Labute approximate surface area is 206 Å². The number of hydrogen-bond acceptors (Lipinski definition) is 8. The highest BCUT2D eigenvalue weighted by Gasteiger charge is 2.16. The molecule has 0 amide bonds. The minimum absolute atomic E-state index is 0.218. The molecule has 4 N–H and O–H groups in total. The molecule has 10 heteroatoms. The first-order valence-corrected chi connectivity index (χ1v) is 12.3. The standard InChI is InChI=1S/C25H27FN6O2S/c26-22-20(5-2-6-21(22)34-13-10-32-8-11-33-12-9-32)30-25-19-7-14-35-24(19)18-4-1-3-17(23(18)31-25)15-28-16-29-27/h1-7,14,16H,8-13,15,27H2,(H,28,29)(H,30,31). The number of rotatable bonds is 9. The van der Waals surface area contributed by atoms with Gasteiger partial charge in [-0.3, -0.25) is 9.89 Å². The Balaban J connectivity index is 1.41. The smallest absolute Gasteiger partial charge is 0.188 e. The van der Waals surface area contributed by atoms with Crippen molar-refractivity contribution < 1.29 is 13.9 Å². The van der Waals surface area contributed by atoms with Gasteiger partial charge in [0.05, 0.1) is 37.3 Å². The Kier molecular flexibility index (Phi) is 7.34. The molecular formula is C25H27FN6O2S. The summed E-state index contributed by atoms with van der Waals surface area (Å²) in [6, 6.07) is 13.1. The van der Waals surface area contributed by atoms with Crippen LogP contribution in [0.15, 0.2) is 52.8 Å². The maximum atomic E-state index is 15.4. The number of ether oxygens (including phenoxy) is 2. The fraction of sp³-hybridized carbons (Fsp3) is 0.280. The molecule has 1 fully saturated rings. The van der Waals surface area contributed by atoms with Gasteiger partial charge in [-0.2, -0.15) is 0 Å². The summed E-state index contributed by atoms with van der Waals surface area (Å²) in [6.07, 6.45) is 1.45. The number of nitrogens with one attached hydrogen (secondary N) is 2. The number of anilines is 2. The number of halogens is 1. The van der Waals surface area contributed by atoms with E-state index >= 15 is 4.39 Å². The quantitative estimate of drug-likeness (QED) is 0.140. The summed E-state index contributed by atoms with van der Waals surface area (Å²) < 4.78 is 27.6. The number of thiophene rings is 1. The van der Waals surface area contributed by atoms with Gasteiger partial charge in [0.15, 0.2) is 11.6 Å². The van der Waals surface area contributed by atoms with Crippen LogP contribution in [0.5, 0.6) is 5.75 Å². The molecule has 8 nitrogen and oxygen atoms in total. The first-order valence-electron chi connectivity index (χ1n) is 11.5. The Hall–Kier alpha value is -3.31. The van der Waals surface area contributed by atoms with Crippen LogP contribution in [0, 0.1) is 5.82 Å². The zero-order valence-corrected chi connectivity index (χ0v) is 20.0. The number of morpholine rings is 1. The van der Waals surface area contributed by atoms with E-state index in [0.717, 1.165) is 59.4 Å². The lowest BCUT2D eigenvalue weighted by Crippen LogP contribution is -2.38. The molecule has 2 aromatic heterocycles. The molecule has 4 aromatic rings. The molecule has 0 radical (unpaired) electrons. The largest absolute Gasteiger partial charge is 0.489 e. The minimum atomic E-state index is -0.438. The topological polar surface area (TPSA) is 97.0 Å². The van der Waals surface area contributed by atoms with Crippen molar-refractivity contribution in [2.75, 3.05) is 44.8 Å². The van der Waals surface area contributed by atoms with Crippen molar-refractivity contribution in [3.05, 3.63) is 59.2 Å². The predicted molar refractivity (Wildman–Crippen MR) is 139 cm³/mol. The van der Waals surface area contributed by atoms with Crippen molar-refractivity contribution in [1.29, 1.82) is 0 Å². The Morgan fingerprint density at radius 2 is 2.03 bits per heavy atom.